The van der Waals surface area contributed by atoms with Gasteiger partial charge < -0.3 is 10.3 Å². The van der Waals surface area contributed by atoms with E-state index in [1.165, 1.54) is 10.6 Å². The number of nitrogens with one attached hydrogen (secondary N) is 1. The molecular weight excluding hydrogens is 422 g/mol. The van der Waals surface area contributed by atoms with Crippen molar-refractivity contribution >= 4 is 32.6 Å². The number of amidine groups is 1. The highest BCUT2D eigenvalue weighted by molar-refractivity contribution is 7.92. The molecule has 0 aliphatic heterocycles. The van der Waals surface area contributed by atoms with Crippen molar-refractivity contribution in [3.05, 3.63) is 95.3 Å². The van der Waals surface area contributed by atoms with E-state index in [1.807, 2.05) is 84.4 Å². The Morgan fingerprint density at radius 2 is 1.72 bits per heavy atom. The number of nitrogens with zero attached hydrogens (tertiary/aromatic N) is 3. The van der Waals surface area contributed by atoms with Crippen molar-refractivity contribution in [1.29, 1.82) is 5.41 Å². The molecule has 0 amide bonds. The summed E-state index contributed by atoms with van der Waals surface area (Å²) >= 11 is 0. The summed E-state index contributed by atoms with van der Waals surface area (Å²) in [6, 6.07) is 22.6. The molecule has 4 rings (SSSR count). The molecule has 164 valence electrons. The number of sulfonamides is 1. The van der Waals surface area contributed by atoms with E-state index in [-0.39, 0.29) is 12.4 Å². The maximum atomic E-state index is 12.5. The molecule has 0 aliphatic carbocycles. The summed E-state index contributed by atoms with van der Waals surface area (Å²) in [7, 11) is -1.53. The lowest BCUT2D eigenvalue weighted by molar-refractivity contribution is 0.596. The van der Waals surface area contributed by atoms with E-state index < -0.39 is 10.0 Å². The van der Waals surface area contributed by atoms with E-state index in [0.29, 0.717) is 17.7 Å². The number of nitrogen functional groups attached to an aromatic ring is 1. The maximum Gasteiger partial charge on any atom is 0.232 e. The van der Waals surface area contributed by atoms with Gasteiger partial charge in [0.15, 0.2) is 0 Å². The van der Waals surface area contributed by atoms with Gasteiger partial charge in [0.25, 0.3) is 0 Å². The van der Waals surface area contributed by atoms with Crippen LogP contribution < -0.4 is 10.0 Å². The summed E-state index contributed by atoms with van der Waals surface area (Å²) in [6.07, 6.45) is 1.83. The molecule has 0 unspecified atom stereocenters. The van der Waals surface area contributed by atoms with E-state index >= 15 is 0 Å². The average molecular weight is 448 g/mol. The normalized spacial score (nSPS) is 11.6. The fourth-order valence-corrected chi connectivity index (χ4v) is 4.57. The molecule has 1 aromatic heterocycles. The van der Waals surface area contributed by atoms with E-state index in [0.717, 1.165) is 28.0 Å². The molecule has 0 aliphatic rings. The van der Waals surface area contributed by atoms with Gasteiger partial charge in [-0.1, -0.05) is 54.6 Å². The zero-order valence-corrected chi connectivity index (χ0v) is 18.8. The smallest absolute Gasteiger partial charge is 0.232 e. The molecule has 4 aromatic rings. The Morgan fingerprint density at radius 1 is 1.03 bits per heavy atom. The van der Waals surface area contributed by atoms with E-state index in [2.05, 4.69) is 0 Å². The van der Waals surface area contributed by atoms with Gasteiger partial charge >= 0.3 is 0 Å². The number of hydrogen-bond donors (Lipinski definition) is 2. The predicted molar refractivity (Wildman–Crippen MR) is 128 cm³/mol. The quantitative estimate of drug-likeness (QED) is 0.334. The summed E-state index contributed by atoms with van der Waals surface area (Å²) < 4.78 is 28.5. The molecule has 0 radical (unpaired) electrons. The number of nitrogens with two attached hydrogens (primary N) is 1. The largest absolute Gasteiger partial charge is 0.384 e. The van der Waals surface area contributed by atoms with Crippen LogP contribution in [0.15, 0.2) is 72.8 Å². The van der Waals surface area contributed by atoms with Gasteiger partial charge in [-0.3, -0.25) is 9.71 Å². The minimum Gasteiger partial charge on any atom is -0.384 e. The molecule has 8 heteroatoms. The van der Waals surface area contributed by atoms with Crippen molar-refractivity contribution in [2.45, 2.75) is 13.0 Å². The predicted octanol–water partition coefficient (Wildman–Crippen LogP) is 3.41. The second-order valence-corrected chi connectivity index (χ2v) is 9.71. The van der Waals surface area contributed by atoms with Crippen LogP contribution >= 0.6 is 0 Å². The Hall–Kier alpha value is -3.65. The van der Waals surface area contributed by atoms with E-state index in [9.17, 15) is 8.42 Å². The van der Waals surface area contributed by atoms with Crippen LogP contribution in [-0.4, -0.2) is 30.1 Å². The molecule has 3 N–H and O–H groups in total. The first kappa shape index (κ1) is 21.6. The van der Waals surface area contributed by atoms with Crippen molar-refractivity contribution in [3.63, 3.8) is 0 Å². The van der Waals surface area contributed by atoms with Gasteiger partial charge in [0, 0.05) is 19.0 Å². The Labute approximate surface area is 187 Å². The van der Waals surface area contributed by atoms with Crippen molar-refractivity contribution in [3.8, 4) is 0 Å². The van der Waals surface area contributed by atoms with Crippen LogP contribution in [0, 0.1) is 5.41 Å². The van der Waals surface area contributed by atoms with Crippen LogP contribution in [0.4, 0.5) is 5.69 Å². The van der Waals surface area contributed by atoms with Crippen molar-refractivity contribution in [2.75, 3.05) is 10.6 Å². The van der Waals surface area contributed by atoms with Crippen LogP contribution in [0.2, 0.25) is 0 Å². The number of benzene rings is 3. The highest BCUT2D eigenvalue weighted by Crippen LogP contribution is 2.26. The SMILES string of the molecule is Cn1c(Cc2ccc(C(=N)N)cc2)nc2cc(N(Cc3ccccc3)S(C)(=O)=O)ccc21. The lowest BCUT2D eigenvalue weighted by Gasteiger charge is -2.22. The number of anilines is 1. The summed E-state index contributed by atoms with van der Waals surface area (Å²) in [4.78, 5) is 4.77. The monoisotopic (exact) mass is 447 g/mol. The van der Waals surface area contributed by atoms with Crippen LogP contribution in [0.5, 0.6) is 0 Å². The van der Waals surface area contributed by atoms with Crippen molar-refractivity contribution in [2.24, 2.45) is 12.8 Å². The molecule has 0 bridgehead atoms. The number of rotatable bonds is 7. The number of aromatic nitrogens is 2. The molecule has 0 spiro atoms. The zero-order chi connectivity index (χ0) is 22.9. The second kappa shape index (κ2) is 8.47. The maximum absolute atomic E-state index is 12.5. The zero-order valence-electron chi connectivity index (χ0n) is 18.0. The fraction of sp³-hybridized carbons (Fsp3) is 0.167. The lowest BCUT2D eigenvalue weighted by Crippen LogP contribution is -2.29. The molecular formula is C24H25N5O2S. The Bertz CT molecular complexity index is 1380. The van der Waals surface area contributed by atoms with Crippen LogP contribution in [-0.2, 0) is 30.0 Å². The van der Waals surface area contributed by atoms with Gasteiger partial charge in [0.05, 0.1) is 29.5 Å². The van der Waals surface area contributed by atoms with Crippen LogP contribution in [0.3, 0.4) is 0 Å². The number of fused-ring (bicyclic) bond motifs is 1. The van der Waals surface area contributed by atoms with Gasteiger partial charge in [-0.25, -0.2) is 13.4 Å². The van der Waals surface area contributed by atoms with Gasteiger partial charge in [0.2, 0.25) is 10.0 Å². The number of aryl methyl sites for hydroxylation is 1. The second-order valence-electron chi connectivity index (χ2n) is 7.80. The van der Waals surface area contributed by atoms with Crippen LogP contribution in [0.25, 0.3) is 11.0 Å². The summed E-state index contributed by atoms with van der Waals surface area (Å²) in [5.74, 6) is 0.902. The molecule has 3 aromatic carbocycles. The molecule has 0 saturated carbocycles. The van der Waals surface area contributed by atoms with Gasteiger partial charge in [-0.05, 0) is 29.3 Å². The standard InChI is InChI=1S/C24H25N5O2S/c1-28-22-13-12-20(29(32(2,30)31)16-18-6-4-3-5-7-18)15-21(22)27-23(28)14-17-8-10-19(11-9-17)24(25)26/h3-13,15H,14,16H2,1-2H3,(H3,25,26). The number of imidazole rings is 1. The third-order valence-corrected chi connectivity index (χ3v) is 6.58. The molecule has 1 heterocycles. The first-order valence-electron chi connectivity index (χ1n) is 10.1. The van der Waals surface area contributed by atoms with Crippen molar-refractivity contribution in [1.82, 2.24) is 9.55 Å². The molecule has 0 saturated heterocycles. The molecule has 0 fully saturated rings. The average Bonchev–Trinajstić information content (AvgIpc) is 3.07. The molecule has 0 atom stereocenters. The van der Waals surface area contributed by atoms with E-state index in [1.54, 1.807) is 0 Å². The minimum atomic E-state index is -3.48. The molecule has 7 nitrogen and oxygen atoms in total. The topological polar surface area (TPSA) is 105 Å². The van der Waals surface area contributed by atoms with Crippen LogP contribution in [0.1, 0.15) is 22.5 Å². The summed E-state index contributed by atoms with van der Waals surface area (Å²) in [5.41, 5.74) is 10.4. The lowest BCUT2D eigenvalue weighted by atomic mass is 10.1. The van der Waals surface area contributed by atoms with Gasteiger partial charge in [-0.15, -0.1) is 0 Å². The summed E-state index contributed by atoms with van der Waals surface area (Å²) in [6.45, 7) is 0.257. The number of hydrogen-bond acceptors (Lipinski definition) is 4. The Morgan fingerprint density at radius 3 is 2.34 bits per heavy atom. The Kier molecular flexibility index (Phi) is 5.71. The van der Waals surface area contributed by atoms with Crippen molar-refractivity contribution < 1.29 is 8.42 Å². The highest BCUT2D eigenvalue weighted by atomic mass is 32.2. The third-order valence-electron chi connectivity index (χ3n) is 5.44. The third kappa shape index (κ3) is 4.50. The molecule has 32 heavy (non-hydrogen) atoms. The first-order valence-corrected chi connectivity index (χ1v) is 12.0. The first-order chi connectivity index (χ1) is 15.2. The van der Waals surface area contributed by atoms with E-state index in [4.69, 9.17) is 16.1 Å². The summed E-state index contributed by atoms with van der Waals surface area (Å²) in [5, 5.41) is 7.52. The highest BCUT2D eigenvalue weighted by Gasteiger charge is 2.19. The fourth-order valence-electron chi connectivity index (χ4n) is 3.69. The van der Waals surface area contributed by atoms with Gasteiger partial charge in [0.1, 0.15) is 11.7 Å². The minimum absolute atomic E-state index is 0.0396. The van der Waals surface area contributed by atoms with Gasteiger partial charge in [-0.2, -0.15) is 0 Å². The Balaban J connectivity index is 1.67.